The highest BCUT2D eigenvalue weighted by atomic mass is 32.1. The molecule has 3 rings (SSSR count). The van der Waals surface area contributed by atoms with E-state index in [1.54, 1.807) is 23.6 Å². The number of aromatic nitrogens is 2. The first-order valence-corrected chi connectivity index (χ1v) is 6.24. The van der Waals surface area contributed by atoms with Crippen LogP contribution < -0.4 is 5.32 Å². The van der Waals surface area contributed by atoms with E-state index in [4.69, 9.17) is 5.26 Å². The molecule has 0 amide bonds. The van der Waals surface area contributed by atoms with Crippen LogP contribution in [-0.2, 0) is 13.0 Å². The van der Waals surface area contributed by atoms with Crippen LogP contribution in [0.2, 0.25) is 0 Å². The minimum absolute atomic E-state index is 0.441. The van der Waals surface area contributed by atoms with Gasteiger partial charge in [-0.05, 0) is 12.1 Å². The van der Waals surface area contributed by atoms with E-state index in [0.29, 0.717) is 5.69 Å². The van der Waals surface area contributed by atoms with Gasteiger partial charge in [-0.3, -0.25) is 0 Å². The van der Waals surface area contributed by atoms with Gasteiger partial charge in [0.25, 0.3) is 0 Å². The Kier molecular flexibility index (Phi) is 2.59. The summed E-state index contributed by atoms with van der Waals surface area (Å²) in [7, 11) is 0. The lowest BCUT2D eigenvalue weighted by Gasteiger charge is -2.09. The van der Waals surface area contributed by atoms with Crippen LogP contribution in [0.15, 0.2) is 18.3 Å². The van der Waals surface area contributed by atoms with Gasteiger partial charge in [0.1, 0.15) is 16.8 Å². The van der Waals surface area contributed by atoms with Crippen LogP contribution in [0.1, 0.15) is 16.3 Å². The smallest absolute Gasteiger partial charge is 0.140 e. The summed E-state index contributed by atoms with van der Waals surface area (Å²) in [5.41, 5.74) is 2.63. The fourth-order valence-corrected chi connectivity index (χ4v) is 2.90. The van der Waals surface area contributed by atoms with Crippen molar-refractivity contribution >= 4 is 11.3 Å². The lowest BCUT2D eigenvalue weighted by molar-refractivity contribution is 0.644. The molecule has 0 atom stereocenters. The molecule has 17 heavy (non-hydrogen) atoms. The van der Waals surface area contributed by atoms with Gasteiger partial charge in [0, 0.05) is 36.1 Å². The highest BCUT2D eigenvalue weighted by Crippen LogP contribution is 2.29. The number of hydrogen-bond donors (Lipinski definition) is 1. The van der Waals surface area contributed by atoms with E-state index < -0.39 is 0 Å². The van der Waals surface area contributed by atoms with Crippen LogP contribution in [0.4, 0.5) is 0 Å². The third-order valence-electron chi connectivity index (χ3n) is 2.73. The Bertz CT molecular complexity index is 556. The molecule has 0 saturated heterocycles. The third-order valence-corrected chi connectivity index (χ3v) is 3.87. The normalized spacial score (nSPS) is 14.1. The Morgan fingerprint density at radius 1 is 1.41 bits per heavy atom. The second-order valence-corrected chi connectivity index (χ2v) is 4.94. The summed E-state index contributed by atoms with van der Waals surface area (Å²) >= 11 is 1.71. The lowest BCUT2D eigenvalue weighted by Crippen LogP contribution is -2.22. The van der Waals surface area contributed by atoms with E-state index in [1.165, 1.54) is 10.6 Å². The van der Waals surface area contributed by atoms with E-state index in [2.05, 4.69) is 15.3 Å². The van der Waals surface area contributed by atoms with Crippen molar-refractivity contribution in [2.75, 3.05) is 6.54 Å². The Morgan fingerprint density at radius 3 is 3.06 bits per heavy atom. The molecule has 0 saturated carbocycles. The lowest BCUT2D eigenvalue weighted by atomic mass is 10.2. The highest BCUT2D eigenvalue weighted by Gasteiger charge is 2.15. The third kappa shape index (κ3) is 1.93. The first kappa shape index (κ1) is 10.4. The molecule has 2 aromatic rings. The summed E-state index contributed by atoms with van der Waals surface area (Å²) in [5.74, 6) is 0. The van der Waals surface area contributed by atoms with E-state index in [0.717, 1.165) is 30.1 Å². The van der Waals surface area contributed by atoms with Crippen molar-refractivity contribution < 1.29 is 0 Å². The predicted molar refractivity (Wildman–Crippen MR) is 65.5 cm³/mol. The molecule has 0 spiro atoms. The van der Waals surface area contributed by atoms with Crippen LogP contribution in [0.3, 0.4) is 0 Å². The van der Waals surface area contributed by atoms with E-state index in [9.17, 15) is 0 Å². The molecule has 3 heterocycles. The zero-order valence-corrected chi connectivity index (χ0v) is 9.92. The second kappa shape index (κ2) is 4.24. The van der Waals surface area contributed by atoms with Gasteiger partial charge in [0.05, 0.1) is 5.69 Å². The van der Waals surface area contributed by atoms with Crippen LogP contribution in [0.5, 0.6) is 0 Å². The minimum atomic E-state index is 0.441. The van der Waals surface area contributed by atoms with E-state index in [1.807, 2.05) is 12.1 Å². The summed E-state index contributed by atoms with van der Waals surface area (Å²) in [6.07, 6.45) is 2.71. The van der Waals surface area contributed by atoms with Gasteiger partial charge < -0.3 is 5.32 Å². The van der Waals surface area contributed by atoms with E-state index >= 15 is 0 Å². The molecule has 1 aliphatic heterocycles. The van der Waals surface area contributed by atoms with Crippen molar-refractivity contribution in [2.24, 2.45) is 0 Å². The van der Waals surface area contributed by atoms with Crippen LogP contribution in [0.25, 0.3) is 10.6 Å². The average molecular weight is 242 g/mol. The number of rotatable bonds is 1. The van der Waals surface area contributed by atoms with Crippen molar-refractivity contribution in [1.82, 2.24) is 15.3 Å². The Hall–Kier alpha value is -1.77. The Labute approximate surface area is 103 Å². The Balaban J connectivity index is 1.98. The van der Waals surface area contributed by atoms with Gasteiger partial charge in [-0.2, -0.15) is 5.26 Å². The van der Waals surface area contributed by atoms with Crippen molar-refractivity contribution in [1.29, 1.82) is 5.26 Å². The molecule has 0 bridgehead atoms. The van der Waals surface area contributed by atoms with Gasteiger partial charge in [-0.15, -0.1) is 11.3 Å². The summed E-state index contributed by atoms with van der Waals surface area (Å²) in [6.45, 7) is 1.92. The molecule has 0 aliphatic carbocycles. The second-order valence-electron chi connectivity index (χ2n) is 3.86. The first-order chi connectivity index (χ1) is 8.36. The van der Waals surface area contributed by atoms with Crippen LogP contribution >= 0.6 is 11.3 Å². The zero-order valence-electron chi connectivity index (χ0n) is 9.10. The SMILES string of the molecule is N#Cc1ccc(-c2nc3c(s2)CNCC3)cn1. The number of nitrogens with one attached hydrogen (secondary N) is 1. The van der Waals surface area contributed by atoms with Crippen molar-refractivity contribution in [3.63, 3.8) is 0 Å². The standard InChI is InChI=1S/C12H10N4S/c13-5-9-2-1-8(6-15-9)12-16-10-3-4-14-7-11(10)17-12/h1-2,6,14H,3-4,7H2. The molecule has 0 unspecified atom stereocenters. The maximum atomic E-state index is 8.70. The summed E-state index contributed by atoms with van der Waals surface area (Å²) in [5, 5.41) is 13.0. The van der Waals surface area contributed by atoms with Gasteiger partial charge in [-0.1, -0.05) is 0 Å². The van der Waals surface area contributed by atoms with Gasteiger partial charge in [0.15, 0.2) is 0 Å². The molecular weight excluding hydrogens is 232 g/mol. The minimum Gasteiger partial charge on any atom is -0.311 e. The molecule has 1 N–H and O–H groups in total. The largest absolute Gasteiger partial charge is 0.311 e. The average Bonchev–Trinajstić information content (AvgIpc) is 2.82. The number of hydrogen-bond acceptors (Lipinski definition) is 5. The van der Waals surface area contributed by atoms with Crippen molar-refractivity contribution in [3.8, 4) is 16.6 Å². The number of fused-ring (bicyclic) bond motifs is 1. The summed E-state index contributed by atoms with van der Waals surface area (Å²) < 4.78 is 0. The molecule has 2 aromatic heterocycles. The predicted octanol–water partition coefficient (Wildman–Crippen LogP) is 1.72. The number of pyridine rings is 1. The molecule has 84 valence electrons. The van der Waals surface area contributed by atoms with Gasteiger partial charge in [-0.25, -0.2) is 9.97 Å². The quantitative estimate of drug-likeness (QED) is 0.827. The molecule has 5 heteroatoms. The van der Waals surface area contributed by atoms with Gasteiger partial charge >= 0.3 is 0 Å². The molecule has 0 radical (unpaired) electrons. The van der Waals surface area contributed by atoms with Gasteiger partial charge in [0.2, 0.25) is 0 Å². The zero-order chi connectivity index (χ0) is 11.7. The number of nitriles is 1. The number of thiazole rings is 1. The Morgan fingerprint density at radius 2 is 2.35 bits per heavy atom. The first-order valence-electron chi connectivity index (χ1n) is 5.42. The fraction of sp³-hybridized carbons (Fsp3) is 0.250. The maximum absolute atomic E-state index is 8.70. The monoisotopic (exact) mass is 242 g/mol. The van der Waals surface area contributed by atoms with E-state index in [-0.39, 0.29) is 0 Å². The molecular formula is C12H10N4S. The molecule has 0 aromatic carbocycles. The van der Waals surface area contributed by atoms with Crippen molar-refractivity contribution in [2.45, 2.75) is 13.0 Å². The molecule has 1 aliphatic rings. The highest BCUT2D eigenvalue weighted by molar-refractivity contribution is 7.15. The number of nitrogens with zero attached hydrogens (tertiary/aromatic N) is 3. The van der Waals surface area contributed by atoms with Crippen LogP contribution in [-0.4, -0.2) is 16.5 Å². The summed E-state index contributed by atoms with van der Waals surface area (Å²) in [6, 6.07) is 5.65. The summed E-state index contributed by atoms with van der Waals surface area (Å²) in [4.78, 5) is 10.0. The molecule has 4 nitrogen and oxygen atoms in total. The molecule has 0 fully saturated rings. The van der Waals surface area contributed by atoms with Crippen molar-refractivity contribution in [3.05, 3.63) is 34.6 Å². The topological polar surface area (TPSA) is 61.6 Å². The fourth-order valence-electron chi connectivity index (χ4n) is 1.84. The van der Waals surface area contributed by atoms with Crippen LogP contribution in [0, 0.1) is 11.3 Å². The maximum Gasteiger partial charge on any atom is 0.140 e.